The normalized spacial score (nSPS) is 23.1. The highest BCUT2D eigenvalue weighted by Gasteiger charge is 2.46. The van der Waals surface area contributed by atoms with Crippen molar-refractivity contribution >= 4 is 29.1 Å². The predicted molar refractivity (Wildman–Crippen MR) is 143 cm³/mol. The highest BCUT2D eigenvalue weighted by Crippen LogP contribution is 2.39. The number of hydrogen-bond acceptors (Lipinski definition) is 5. The first-order chi connectivity index (χ1) is 17.8. The third-order valence-corrected chi connectivity index (χ3v) is 7.98. The van der Waals surface area contributed by atoms with Gasteiger partial charge in [0.15, 0.2) is 5.65 Å². The van der Waals surface area contributed by atoms with Crippen molar-refractivity contribution in [2.45, 2.75) is 64.5 Å². The van der Waals surface area contributed by atoms with Crippen LogP contribution in [0.25, 0.3) is 16.9 Å². The van der Waals surface area contributed by atoms with Crippen molar-refractivity contribution in [2.75, 3.05) is 19.6 Å². The minimum atomic E-state index is -0.761. The summed E-state index contributed by atoms with van der Waals surface area (Å²) in [6, 6.07) is 6.36. The molecule has 0 atom stereocenters. The summed E-state index contributed by atoms with van der Waals surface area (Å²) in [5.74, 6) is -0.741. The molecule has 1 aliphatic heterocycles. The summed E-state index contributed by atoms with van der Waals surface area (Å²) in [4.78, 5) is 34.9. The summed E-state index contributed by atoms with van der Waals surface area (Å²) in [6.45, 7) is 11.0. The maximum absolute atomic E-state index is 13.7. The quantitative estimate of drug-likeness (QED) is 0.524. The van der Waals surface area contributed by atoms with Gasteiger partial charge in [-0.3, -0.25) is 9.59 Å². The molecule has 10 heteroatoms. The lowest BCUT2D eigenvalue weighted by Gasteiger charge is -2.49. The molecular formula is C28H33ClFN5O3. The lowest BCUT2D eigenvalue weighted by Crippen LogP contribution is -2.63. The van der Waals surface area contributed by atoms with E-state index in [0.717, 1.165) is 5.56 Å². The Morgan fingerprint density at radius 1 is 1.16 bits per heavy atom. The highest BCUT2D eigenvalue weighted by molar-refractivity contribution is 6.31. The Morgan fingerprint density at radius 2 is 1.87 bits per heavy atom. The molecule has 2 fully saturated rings. The van der Waals surface area contributed by atoms with Gasteiger partial charge in [-0.25, -0.2) is 13.9 Å². The van der Waals surface area contributed by atoms with Crippen LogP contribution in [0.3, 0.4) is 0 Å². The monoisotopic (exact) mass is 541 g/mol. The van der Waals surface area contributed by atoms with Crippen LogP contribution in [0.1, 0.15) is 69.4 Å². The first-order valence-corrected chi connectivity index (χ1v) is 13.3. The minimum Gasteiger partial charge on any atom is -0.390 e. The van der Waals surface area contributed by atoms with E-state index < -0.39 is 17.0 Å². The summed E-state index contributed by atoms with van der Waals surface area (Å²) in [7, 11) is 0. The molecule has 3 aromatic rings. The fourth-order valence-corrected chi connectivity index (χ4v) is 5.80. The van der Waals surface area contributed by atoms with Crippen molar-refractivity contribution in [3.63, 3.8) is 0 Å². The number of piperazine rings is 1. The van der Waals surface area contributed by atoms with Crippen molar-refractivity contribution < 1.29 is 19.1 Å². The van der Waals surface area contributed by atoms with E-state index in [-0.39, 0.29) is 34.4 Å². The second-order valence-corrected chi connectivity index (χ2v) is 12.2. The van der Waals surface area contributed by atoms with E-state index in [4.69, 9.17) is 11.6 Å². The average molecular weight is 542 g/mol. The van der Waals surface area contributed by atoms with Crippen LogP contribution in [0, 0.1) is 11.7 Å². The number of carbonyl (C=O) groups is 2. The van der Waals surface area contributed by atoms with Crippen LogP contribution in [-0.4, -0.2) is 72.1 Å². The Hall–Kier alpha value is -3.04. The van der Waals surface area contributed by atoms with Gasteiger partial charge in [0, 0.05) is 36.7 Å². The number of hydrogen-bond donors (Lipinski definition) is 1. The number of halogens is 2. The van der Waals surface area contributed by atoms with Gasteiger partial charge >= 0.3 is 0 Å². The topological polar surface area (TPSA) is 91.0 Å². The molecule has 1 saturated heterocycles. The largest absolute Gasteiger partial charge is 0.390 e. The molecule has 2 amide bonds. The number of rotatable bonds is 4. The molecule has 2 aromatic heterocycles. The van der Waals surface area contributed by atoms with Crippen molar-refractivity contribution in [1.29, 1.82) is 0 Å². The van der Waals surface area contributed by atoms with E-state index in [1.165, 1.54) is 12.1 Å². The van der Waals surface area contributed by atoms with Crippen LogP contribution in [0.4, 0.5) is 4.39 Å². The zero-order valence-corrected chi connectivity index (χ0v) is 23.1. The van der Waals surface area contributed by atoms with E-state index in [1.807, 2.05) is 38.7 Å². The summed E-state index contributed by atoms with van der Waals surface area (Å²) in [5, 5.41) is 14.7. The molecule has 0 bridgehead atoms. The Bertz CT molecular complexity index is 1430. The molecule has 0 spiro atoms. The third kappa shape index (κ3) is 4.78. The Labute approximate surface area is 226 Å². The number of benzene rings is 1. The van der Waals surface area contributed by atoms with E-state index in [1.54, 1.807) is 28.6 Å². The standard InChI is InChI=1S/C28H33ClFN5O3/c1-16(2)19-11-22(17-6-7-21(30)20(29)10-17)32-35-14-23(31-24(19)35)26(37)34-9-8-33(15-27(34,3)4)25(36)18-12-28(5,38)13-18/h6-7,10-11,14,16,18,38H,8-9,12-13,15H2,1-5H3/t18-,28+. The van der Waals surface area contributed by atoms with E-state index >= 15 is 0 Å². The molecule has 0 unspecified atom stereocenters. The molecule has 3 heterocycles. The Kier molecular flexibility index (Phi) is 6.51. The predicted octanol–water partition coefficient (Wildman–Crippen LogP) is 4.54. The van der Waals surface area contributed by atoms with Gasteiger partial charge in [-0.1, -0.05) is 25.4 Å². The highest BCUT2D eigenvalue weighted by atomic mass is 35.5. The van der Waals surface area contributed by atoms with Crippen molar-refractivity contribution in [1.82, 2.24) is 24.4 Å². The first-order valence-electron chi connectivity index (χ1n) is 12.9. The van der Waals surface area contributed by atoms with Gasteiger partial charge < -0.3 is 14.9 Å². The maximum atomic E-state index is 13.7. The second kappa shape index (κ2) is 9.31. The summed E-state index contributed by atoms with van der Waals surface area (Å²) < 4.78 is 15.3. The number of fused-ring (bicyclic) bond motifs is 1. The van der Waals surface area contributed by atoms with Gasteiger partial charge in [0.1, 0.15) is 11.5 Å². The molecule has 38 heavy (non-hydrogen) atoms. The van der Waals surface area contributed by atoms with Crippen LogP contribution in [0.5, 0.6) is 0 Å². The SMILES string of the molecule is CC(C)c1cc(-c2ccc(F)c(Cl)c2)nn2cc(C(=O)N3CCN(C(=O)[C@H]4C[C@@](C)(O)C4)CC3(C)C)nc12. The van der Waals surface area contributed by atoms with Crippen molar-refractivity contribution in [3.05, 3.63) is 52.6 Å². The molecule has 2 aliphatic rings. The zero-order chi connectivity index (χ0) is 27.6. The maximum Gasteiger partial charge on any atom is 0.274 e. The molecular weight excluding hydrogens is 509 g/mol. The van der Waals surface area contributed by atoms with Gasteiger partial charge in [-0.05, 0) is 63.8 Å². The van der Waals surface area contributed by atoms with Crippen LogP contribution in [0.2, 0.25) is 5.02 Å². The Balaban J connectivity index is 1.41. The van der Waals surface area contributed by atoms with Crippen molar-refractivity contribution in [3.8, 4) is 11.3 Å². The van der Waals surface area contributed by atoms with Gasteiger partial charge in [0.2, 0.25) is 5.91 Å². The summed E-state index contributed by atoms with van der Waals surface area (Å²) in [6.07, 6.45) is 2.58. The Morgan fingerprint density at radius 3 is 2.47 bits per heavy atom. The van der Waals surface area contributed by atoms with Gasteiger partial charge in [0.05, 0.1) is 28.1 Å². The van der Waals surface area contributed by atoms with Gasteiger partial charge in [-0.2, -0.15) is 5.10 Å². The first kappa shape index (κ1) is 26.6. The zero-order valence-electron chi connectivity index (χ0n) is 22.3. The number of aliphatic hydroxyl groups is 1. The lowest BCUT2D eigenvalue weighted by atomic mass is 9.71. The van der Waals surface area contributed by atoms with Gasteiger partial charge in [0.25, 0.3) is 5.91 Å². The lowest BCUT2D eigenvalue weighted by molar-refractivity contribution is -0.153. The molecule has 0 radical (unpaired) electrons. The van der Waals surface area contributed by atoms with Crippen LogP contribution >= 0.6 is 11.6 Å². The van der Waals surface area contributed by atoms with Crippen LogP contribution in [0.15, 0.2) is 30.5 Å². The molecule has 8 nitrogen and oxygen atoms in total. The molecule has 1 saturated carbocycles. The minimum absolute atomic E-state index is 0.0135. The molecule has 1 N–H and O–H groups in total. The summed E-state index contributed by atoms with van der Waals surface area (Å²) >= 11 is 6.01. The molecule has 1 aliphatic carbocycles. The molecule has 202 valence electrons. The number of aromatic nitrogens is 3. The van der Waals surface area contributed by atoms with Crippen LogP contribution < -0.4 is 0 Å². The molecule has 5 rings (SSSR count). The van der Waals surface area contributed by atoms with E-state index in [2.05, 4.69) is 10.1 Å². The fraction of sp³-hybridized carbons (Fsp3) is 0.500. The number of amides is 2. The smallest absolute Gasteiger partial charge is 0.274 e. The van der Waals surface area contributed by atoms with Crippen molar-refractivity contribution in [2.24, 2.45) is 5.92 Å². The number of imidazole rings is 1. The van der Waals surface area contributed by atoms with E-state index in [0.29, 0.717) is 49.4 Å². The third-order valence-electron chi connectivity index (χ3n) is 7.69. The van der Waals surface area contributed by atoms with E-state index in [9.17, 15) is 19.1 Å². The van der Waals surface area contributed by atoms with Crippen LogP contribution in [-0.2, 0) is 4.79 Å². The second-order valence-electron chi connectivity index (χ2n) is 11.8. The molecule has 1 aromatic carbocycles. The summed E-state index contributed by atoms with van der Waals surface area (Å²) in [5.41, 5.74) is 1.67. The van der Waals surface area contributed by atoms with Gasteiger partial charge in [-0.15, -0.1) is 0 Å². The number of carbonyl (C=O) groups excluding carboxylic acids is 2. The fourth-order valence-electron chi connectivity index (χ4n) is 5.62. The average Bonchev–Trinajstić information content (AvgIpc) is 3.26. The number of nitrogens with zero attached hydrogens (tertiary/aromatic N) is 5.